The summed E-state index contributed by atoms with van der Waals surface area (Å²) >= 11 is 0. The van der Waals surface area contributed by atoms with Crippen molar-refractivity contribution < 1.29 is 4.74 Å². The average molecular weight is 415 g/mol. The molecule has 5 aliphatic rings. The second-order valence-corrected chi connectivity index (χ2v) is 14.4. The van der Waals surface area contributed by atoms with Crippen molar-refractivity contribution in [1.82, 2.24) is 0 Å². The predicted molar refractivity (Wildman–Crippen MR) is 126 cm³/mol. The van der Waals surface area contributed by atoms with E-state index in [4.69, 9.17) is 4.74 Å². The topological polar surface area (TPSA) is 9.23 Å². The standard InChI is InChI=1S/C29H50O/c1-19(9-8-14-26(2,3)4)22-10-11-23-21-17-25(30-7)29-18-20(29)12-16-28(29,6)24(21)13-15-27(22,23)5/h19-25H,8-18H2,1-7H3/t19-,20+,21+,22-,23+,24+,25-,27-,28-,29+/m1/s1. The Morgan fingerprint density at radius 2 is 1.77 bits per heavy atom. The van der Waals surface area contributed by atoms with Crippen LogP contribution in [0.2, 0.25) is 0 Å². The molecule has 5 rings (SSSR count). The fourth-order valence-corrected chi connectivity index (χ4v) is 10.7. The molecule has 0 bridgehead atoms. The molecule has 0 aromatic carbocycles. The Morgan fingerprint density at radius 3 is 2.43 bits per heavy atom. The van der Waals surface area contributed by atoms with Crippen molar-refractivity contribution in [1.29, 1.82) is 0 Å². The number of hydrogen-bond acceptors (Lipinski definition) is 1. The Hall–Kier alpha value is -0.0400. The smallest absolute Gasteiger partial charge is 0.0638 e. The Labute approximate surface area is 187 Å². The highest BCUT2D eigenvalue weighted by molar-refractivity contribution is 5.26. The summed E-state index contributed by atoms with van der Waals surface area (Å²) < 4.78 is 6.30. The lowest BCUT2D eigenvalue weighted by atomic mass is 9.45. The highest BCUT2D eigenvalue weighted by Gasteiger charge is 2.77. The van der Waals surface area contributed by atoms with Crippen LogP contribution < -0.4 is 0 Å². The number of hydrogen-bond donors (Lipinski definition) is 0. The molecule has 1 nitrogen and oxygen atoms in total. The van der Waals surface area contributed by atoms with Crippen LogP contribution in [0.4, 0.5) is 0 Å². The van der Waals surface area contributed by atoms with Gasteiger partial charge in [0, 0.05) is 12.5 Å². The number of rotatable bonds is 5. The zero-order valence-corrected chi connectivity index (χ0v) is 21.2. The summed E-state index contributed by atoms with van der Waals surface area (Å²) in [5, 5.41) is 0. The van der Waals surface area contributed by atoms with Crippen molar-refractivity contribution in [3.8, 4) is 0 Å². The first-order chi connectivity index (χ1) is 14.1. The van der Waals surface area contributed by atoms with Crippen LogP contribution in [0.3, 0.4) is 0 Å². The van der Waals surface area contributed by atoms with Crippen molar-refractivity contribution in [2.24, 2.45) is 57.2 Å². The Bertz CT molecular complexity index is 662. The van der Waals surface area contributed by atoms with Crippen LogP contribution in [-0.4, -0.2) is 13.2 Å². The summed E-state index contributed by atoms with van der Waals surface area (Å²) in [5.41, 5.74) is 2.25. The predicted octanol–water partition coefficient (Wildman–Crippen LogP) is 8.12. The highest BCUT2D eigenvalue weighted by atomic mass is 16.5. The van der Waals surface area contributed by atoms with E-state index >= 15 is 0 Å². The third-order valence-corrected chi connectivity index (χ3v) is 12.2. The maximum atomic E-state index is 6.30. The molecule has 0 aliphatic heterocycles. The minimum Gasteiger partial charge on any atom is -0.381 e. The average Bonchev–Trinajstić information content (AvgIpc) is 3.17. The molecule has 0 amide bonds. The molecule has 1 heteroatoms. The molecular formula is C29H50O. The van der Waals surface area contributed by atoms with Gasteiger partial charge in [-0.1, -0.05) is 54.4 Å². The van der Waals surface area contributed by atoms with E-state index in [2.05, 4.69) is 41.5 Å². The molecule has 5 aliphatic carbocycles. The molecule has 0 aromatic heterocycles. The van der Waals surface area contributed by atoms with Crippen molar-refractivity contribution in [2.45, 2.75) is 118 Å². The number of methoxy groups -OCH3 is 1. The van der Waals surface area contributed by atoms with Crippen molar-refractivity contribution >= 4 is 0 Å². The van der Waals surface area contributed by atoms with E-state index in [1.807, 2.05) is 7.11 Å². The van der Waals surface area contributed by atoms with Gasteiger partial charge < -0.3 is 4.74 Å². The molecule has 5 fully saturated rings. The third-order valence-electron chi connectivity index (χ3n) is 12.2. The molecule has 30 heavy (non-hydrogen) atoms. The molecule has 0 heterocycles. The molecule has 0 aromatic rings. The fourth-order valence-electron chi connectivity index (χ4n) is 10.7. The second-order valence-electron chi connectivity index (χ2n) is 14.4. The van der Waals surface area contributed by atoms with Crippen LogP contribution in [-0.2, 0) is 4.74 Å². The Kier molecular flexibility index (Phi) is 5.07. The summed E-state index contributed by atoms with van der Waals surface area (Å²) in [6.45, 7) is 15.3. The van der Waals surface area contributed by atoms with Gasteiger partial charge in [0.2, 0.25) is 0 Å². The second kappa shape index (κ2) is 6.98. The van der Waals surface area contributed by atoms with E-state index < -0.39 is 0 Å². The molecule has 5 saturated carbocycles. The largest absolute Gasteiger partial charge is 0.381 e. The van der Waals surface area contributed by atoms with Crippen molar-refractivity contribution in [3.05, 3.63) is 0 Å². The summed E-state index contributed by atoms with van der Waals surface area (Å²) in [6.07, 6.45) is 16.7. The summed E-state index contributed by atoms with van der Waals surface area (Å²) in [5.74, 6) is 5.77. The van der Waals surface area contributed by atoms with Crippen LogP contribution in [0.15, 0.2) is 0 Å². The molecule has 1 spiro atoms. The quantitative estimate of drug-likeness (QED) is 0.441. The molecule has 172 valence electrons. The van der Waals surface area contributed by atoms with E-state index in [-0.39, 0.29) is 0 Å². The molecule has 0 radical (unpaired) electrons. The Balaban J connectivity index is 1.33. The summed E-state index contributed by atoms with van der Waals surface area (Å²) in [7, 11) is 2.03. The first-order valence-corrected chi connectivity index (χ1v) is 13.6. The number of fused-ring (bicyclic) bond motifs is 4. The molecule has 0 N–H and O–H groups in total. The minimum atomic E-state index is 0.491. The highest BCUT2D eigenvalue weighted by Crippen LogP contribution is 2.82. The fraction of sp³-hybridized carbons (Fsp3) is 1.00. The first-order valence-electron chi connectivity index (χ1n) is 13.6. The van der Waals surface area contributed by atoms with Gasteiger partial charge in [0.15, 0.2) is 0 Å². The van der Waals surface area contributed by atoms with E-state index in [9.17, 15) is 0 Å². The van der Waals surface area contributed by atoms with E-state index in [1.165, 1.54) is 70.6 Å². The van der Waals surface area contributed by atoms with Crippen molar-refractivity contribution in [2.75, 3.05) is 7.11 Å². The van der Waals surface area contributed by atoms with Crippen LogP contribution in [0.1, 0.15) is 112 Å². The molecule has 0 saturated heterocycles. The SMILES string of the molecule is CO[C@@H]1C[C@H]2[C@@H]3CC[C@H]([C@H](C)CCCC(C)(C)C)[C@@]3(C)CC[C@@H]2[C@@]2(C)CC[C@H]3C[C@]312. The van der Waals surface area contributed by atoms with Gasteiger partial charge in [-0.2, -0.15) is 0 Å². The number of ether oxygens (including phenoxy) is 1. The van der Waals surface area contributed by atoms with Gasteiger partial charge in [-0.3, -0.25) is 0 Å². The molecule has 0 unspecified atom stereocenters. The van der Waals surface area contributed by atoms with Gasteiger partial charge in [0.1, 0.15) is 0 Å². The van der Waals surface area contributed by atoms with Crippen molar-refractivity contribution in [3.63, 3.8) is 0 Å². The van der Waals surface area contributed by atoms with Crippen LogP contribution >= 0.6 is 0 Å². The zero-order valence-electron chi connectivity index (χ0n) is 21.2. The van der Waals surface area contributed by atoms with Crippen LogP contribution in [0.25, 0.3) is 0 Å². The van der Waals surface area contributed by atoms with Gasteiger partial charge in [-0.15, -0.1) is 0 Å². The normalized spacial score (nSPS) is 52.9. The van der Waals surface area contributed by atoms with Gasteiger partial charge in [-0.25, -0.2) is 0 Å². The lowest BCUT2D eigenvalue weighted by Crippen LogP contribution is -2.57. The van der Waals surface area contributed by atoms with Gasteiger partial charge >= 0.3 is 0 Å². The monoisotopic (exact) mass is 414 g/mol. The van der Waals surface area contributed by atoms with Gasteiger partial charge in [-0.05, 0) is 110 Å². The zero-order chi connectivity index (χ0) is 21.5. The lowest BCUT2D eigenvalue weighted by Gasteiger charge is -2.61. The van der Waals surface area contributed by atoms with E-state index in [0.29, 0.717) is 27.8 Å². The summed E-state index contributed by atoms with van der Waals surface area (Å²) in [6, 6.07) is 0. The Morgan fingerprint density at radius 1 is 1.00 bits per heavy atom. The molecular weight excluding hydrogens is 364 g/mol. The summed E-state index contributed by atoms with van der Waals surface area (Å²) in [4.78, 5) is 0. The molecule has 10 atom stereocenters. The minimum absolute atomic E-state index is 0.491. The van der Waals surface area contributed by atoms with Crippen LogP contribution in [0.5, 0.6) is 0 Å². The van der Waals surface area contributed by atoms with Gasteiger partial charge in [0.05, 0.1) is 6.10 Å². The van der Waals surface area contributed by atoms with Crippen LogP contribution in [0, 0.1) is 57.2 Å². The van der Waals surface area contributed by atoms with E-state index in [0.717, 1.165) is 35.5 Å². The third kappa shape index (κ3) is 2.88. The van der Waals surface area contributed by atoms with E-state index in [1.54, 1.807) is 0 Å². The maximum Gasteiger partial charge on any atom is 0.0638 e. The first kappa shape index (κ1) is 21.8. The van der Waals surface area contributed by atoms with Gasteiger partial charge in [0.25, 0.3) is 0 Å². The maximum absolute atomic E-state index is 6.30. The lowest BCUT2D eigenvalue weighted by molar-refractivity contribution is -0.161.